The van der Waals surface area contributed by atoms with Crippen LogP contribution in [0.4, 0.5) is 5.00 Å². The average Bonchev–Trinajstić information content (AvgIpc) is 3.16. The maximum Gasteiger partial charge on any atom is 0.341 e. The summed E-state index contributed by atoms with van der Waals surface area (Å²) in [6, 6.07) is 11.7. The van der Waals surface area contributed by atoms with Crippen molar-refractivity contribution in [3.8, 4) is 0 Å². The monoisotopic (exact) mass is 441 g/mol. The average molecular weight is 442 g/mol. The van der Waals surface area contributed by atoms with Crippen LogP contribution in [0.5, 0.6) is 0 Å². The first-order valence-corrected chi connectivity index (χ1v) is 11.7. The Morgan fingerprint density at radius 3 is 2.32 bits per heavy atom. The van der Waals surface area contributed by atoms with Crippen molar-refractivity contribution < 1.29 is 24.2 Å². The summed E-state index contributed by atoms with van der Waals surface area (Å²) in [7, 11) is 0. The largest absolute Gasteiger partial charge is 0.481 e. The number of hydrogen-bond donors (Lipinski definition) is 2. The number of anilines is 1. The highest BCUT2D eigenvalue weighted by atomic mass is 32.1. The molecule has 1 amide bonds. The van der Waals surface area contributed by atoms with E-state index in [-0.39, 0.29) is 24.3 Å². The fourth-order valence-corrected chi connectivity index (χ4v) is 6.24. The number of nitrogens with one attached hydrogen (secondary N) is 1. The minimum Gasteiger partial charge on any atom is -0.481 e. The van der Waals surface area contributed by atoms with Gasteiger partial charge in [0.15, 0.2) is 0 Å². The molecule has 6 nitrogen and oxygen atoms in total. The van der Waals surface area contributed by atoms with Crippen LogP contribution in [0.1, 0.15) is 53.4 Å². The molecular weight excluding hydrogens is 414 g/mol. The summed E-state index contributed by atoms with van der Waals surface area (Å²) < 4.78 is 5.19. The van der Waals surface area contributed by atoms with Crippen LogP contribution in [-0.4, -0.2) is 29.6 Å². The number of carboxylic acids is 1. The first-order chi connectivity index (χ1) is 15.0. The smallest absolute Gasteiger partial charge is 0.341 e. The second-order valence-corrected chi connectivity index (χ2v) is 9.53. The summed E-state index contributed by atoms with van der Waals surface area (Å²) in [4.78, 5) is 38.6. The maximum absolute atomic E-state index is 13.3. The van der Waals surface area contributed by atoms with Crippen molar-refractivity contribution in [2.45, 2.75) is 39.0 Å². The Bertz CT molecular complexity index is 962. The van der Waals surface area contributed by atoms with E-state index in [2.05, 4.69) is 5.32 Å². The summed E-state index contributed by atoms with van der Waals surface area (Å²) in [6.07, 6.45) is 4.17. The van der Waals surface area contributed by atoms with Crippen molar-refractivity contribution >= 4 is 34.2 Å². The molecular formula is C24H27NO5S. The molecule has 0 aliphatic heterocycles. The van der Waals surface area contributed by atoms with Gasteiger partial charge in [0, 0.05) is 11.3 Å². The third-order valence-corrected chi connectivity index (χ3v) is 7.59. The van der Waals surface area contributed by atoms with E-state index in [0.717, 1.165) is 36.1 Å². The Morgan fingerprint density at radius 1 is 1.06 bits per heavy atom. The summed E-state index contributed by atoms with van der Waals surface area (Å²) in [6.45, 7) is 1.98. The summed E-state index contributed by atoms with van der Waals surface area (Å²) >= 11 is 1.35. The second kappa shape index (κ2) is 9.22. The molecule has 3 saturated carbocycles. The lowest BCUT2D eigenvalue weighted by Gasteiger charge is -2.45. The van der Waals surface area contributed by atoms with Gasteiger partial charge in [0.05, 0.1) is 24.0 Å². The van der Waals surface area contributed by atoms with Crippen LogP contribution in [0, 0.1) is 23.7 Å². The molecule has 31 heavy (non-hydrogen) atoms. The Kier molecular flexibility index (Phi) is 6.41. The highest BCUT2D eigenvalue weighted by Crippen LogP contribution is 2.49. The Labute approximate surface area is 185 Å². The van der Waals surface area contributed by atoms with Crippen molar-refractivity contribution in [2.75, 3.05) is 11.9 Å². The minimum absolute atomic E-state index is 0.0553. The lowest BCUT2D eigenvalue weighted by atomic mass is 9.58. The lowest BCUT2D eigenvalue weighted by Crippen LogP contribution is -2.49. The van der Waals surface area contributed by atoms with E-state index >= 15 is 0 Å². The first-order valence-electron chi connectivity index (χ1n) is 10.8. The zero-order valence-corrected chi connectivity index (χ0v) is 18.3. The van der Waals surface area contributed by atoms with Crippen LogP contribution in [0.3, 0.4) is 0 Å². The molecule has 1 aromatic heterocycles. The van der Waals surface area contributed by atoms with Gasteiger partial charge in [0.25, 0.3) is 0 Å². The van der Waals surface area contributed by atoms with E-state index in [4.69, 9.17) is 4.74 Å². The molecule has 3 aliphatic carbocycles. The SMILES string of the molecule is CCOC(=O)c1cc(Cc2ccccc2)sc1NC(=O)[C@H]1C2CCC(CC2)[C@@H]1C(=O)O. The number of thiophene rings is 1. The van der Waals surface area contributed by atoms with Gasteiger partial charge in [0.1, 0.15) is 5.00 Å². The molecule has 7 heteroatoms. The van der Waals surface area contributed by atoms with Crippen LogP contribution in [0.2, 0.25) is 0 Å². The van der Waals surface area contributed by atoms with Gasteiger partial charge < -0.3 is 15.2 Å². The Morgan fingerprint density at radius 2 is 1.71 bits per heavy atom. The fourth-order valence-electron chi connectivity index (χ4n) is 5.16. The van der Waals surface area contributed by atoms with Gasteiger partial charge in [-0.3, -0.25) is 9.59 Å². The van der Waals surface area contributed by atoms with Gasteiger partial charge >= 0.3 is 11.9 Å². The molecule has 2 aromatic rings. The number of aliphatic carboxylic acids is 1. The predicted octanol–water partition coefficient (Wildman–Crippen LogP) is 4.59. The minimum atomic E-state index is -0.892. The molecule has 5 rings (SSSR count). The van der Waals surface area contributed by atoms with E-state index in [9.17, 15) is 19.5 Å². The molecule has 0 saturated heterocycles. The second-order valence-electron chi connectivity index (χ2n) is 8.39. The molecule has 0 spiro atoms. The maximum atomic E-state index is 13.3. The Hall–Kier alpha value is -2.67. The topological polar surface area (TPSA) is 92.7 Å². The molecule has 3 fully saturated rings. The number of hydrogen-bond acceptors (Lipinski definition) is 5. The summed E-state index contributed by atoms with van der Waals surface area (Å²) in [5, 5.41) is 13.1. The number of ether oxygens (including phenoxy) is 1. The van der Waals surface area contributed by atoms with Gasteiger partial charge in [-0.15, -0.1) is 11.3 Å². The van der Waals surface area contributed by atoms with Gasteiger partial charge in [0.2, 0.25) is 5.91 Å². The van der Waals surface area contributed by atoms with Crippen LogP contribution in [-0.2, 0) is 20.7 Å². The quantitative estimate of drug-likeness (QED) is 0.613. The number of carbonyl (C=O) groups excluding carboxylic acids is 2. The van der Waals surface area contributed by atoms with Gasteiger partial charge in [-0.1, -0.05) is 30.3 Å². The van der Waals surface area contributed by atoms with Crippen molar-refractivity contribution in [3.05, 3.63) is 52.4 Å². The molecule has 0 radical (unpaired) electrons. The van der Waals surface area contributed by atoms with Crippen molar-refractivity contribution in [1.29, 1.82) is 0 Å². The molecule has 2 N–H and O–H groups in total. The predicted molar refractivity (Wildman–Crippen MR) is 118 cm³/mol. The zero-order valence-electron chi connectivity index (χ0n) is 17.5. The number of carbonyl (C=O) groups is 3. The van der Waals surface area contributed by atoms with Gasteiger partial charge in [-0.05, 0) is 56.1 Å². The molecule has 3 aliphatic rings. The molecule has 2 atom stereocenters. The van der Waals surface area contributed by atoms with E-state index in [1.807, 2.05) is 30.3 Å². The van der Waals surface area contributed by atoms with Crippen LogP contribution in [0.25, 0.3) is 0 Å². The third-order valence-electron chi connectivity index (χ3n) is 6.54. The normalized spacial score (nSPS) is 24.5. The van der Waals surface area contributed by atoms with E-state index in [1.165, 1.54) is 11.3 Å². The standard InChI is InChI=1S/C24H27NO5S/c1-2-30-24(29)18-13-17(12-14-6-4-3-5-7-14)31-22(18)25-21(26)19-15-8-10-16(11-9-15)20(19)23(27)28/h3-7,13,15-16,19-20H,2,8-12H2,1H3,(H,25,26)(H,27,28)/t15?,16?,19-,20-/m0/s1. The highest BCUT2D eigenvalue weighted by molar-refractivity contribution is 7.16. The fraction of sp³-hybridized carbons (Fsp3) is 0.458. The number of benzene rings is 1. The van der Waals surface area contributed by atoms with Crippen molar-refractivity contribution in [1.82, 2.24) is 0 Å². The van der Waals surface area contributed by atoms with Gasteiger partial charge in [-0.25, -0.2) is 4.79 Å². The molecule has 1 aromatic carbocycles. The molecule has 1 heterocycles. The van der Waals surface area contributed by atoms with E-state index in [0.29, 0.717) is 17.0 Å². The highest BCUT2D eigenvalue weighted by Gasteiger charge is 2.50. The third kappa shape index (κ3) is 4.51. The van der Waals surface area contributed by atoms with E-state index < -0.39 is 23.8 Å². The Balaban J connectivity index is 1.59. The van der Waals surface area contributed by atoms with Crippen LogP contribution in [0.15, 0.2) is 36.4 Å². The first kappa shape index (κ1) is 21.6. The molecule has 164 valence electrons. The lowest BCUT2D eigenvalue weighted by molar-refractivity contribution is -0.156. The summed E-state index contributed by atoms with van der Waals surface area (Å²) in [5.41, 5.74) is 1.44. The number of rotatable bonds is 7. The summed E-state index contributed by atoms with van der Waals surface area (Å²) in [5.74, 6) is -2.73. The molecule has 0 unspecified atom stereocenters. The van der Waals surface area contributed by atoms with E-state index in [1.54, 1.807) is 13.0 Å². The zero-order chi connectivity index (χ0) is 22.0. The number of carboxylic acid groups (broad SMARTS) is 1. The van der Waals surface area contributed by atoms with Crippen molar-refractivity contribution in [3.63, 3.8) is 0 Å². The van der Waals surface area contributed by atoms with Crippen molar-refractivity contribution in [2.24, 2.45) is 23.7 Å². The van der Waals surface area contributed by atoms with Crippen LogP contribution < -0.4 is 5.32 Å². The van der Waals surface area contributed by atoms with Gasteiger partial charge in [-0.2, -0.15) is 0 Å². The molecule has 2 bridgehead atoms. The number of esters is 1. The van der Waals surface area contributed by atoms with Crippen LogP contribution >= 0.6 is 11.3 Å². The number of fused-ring (bicyclic) bond motifs is 3. The number of amides is 1.